The fourth-order valence-corrected chi connectivity index (χ4v) is 3.03. The molecule has 3 heteroatoms. The Balaban J connectivity index is 2.23. The summed E-state index contributed by atoms with van der Waals surface area (Å²) in [4.78, 5) is 12.0. The minimum absolute atomic E-state index is 0.0445. The first-order valence-corrected chi connectivity index (χ1v) is 8.82. The van der Waals surface area contributed by atoms with Crippen LogP contribution in [0.3, 0.4) is 0 Å². The van der Waals surface area contributed by atoms with Gasteiger partial charge in [-0.3, -0.25) is 4.79 Å². The highest BCUT2D eigenvalue weighted by atomic mass is 16.3. The highest BCUT2D eigenvalue weighted by Crippen LogP contribution is 2.21. The highest BCUT2D eigenvalue weighted by molar-refractivity contribution is 5.85. The van der Waals surface area contributed by atoms with Gasteiger partial charge in [0, 0.05) is 24.4 Å². The summed E-state index contributed by atoms with van der Waals surface area (Å²) in [7, 11) is 0. The maximum Gasteiger partial charge on any atom is 0.138 e. The molecular formula is C21H29NO2. The van der Waals surface area contributed by atoms with Crippen molar-refractivity contribution in [2.45, 2.75) is 58.7 Å². The summed E-state index contributed by atoms with van der Waals surface area (Å²) in [5.74, 6) is 0.0629. The molecule has 3 nitrogen and oxygen atoms in total. The van der Waals surface area contributed by atoms with Gasteiger partial charge >= 0.3 is 0 Å². The van der Waals surface area contributed by atoms with Gasteiger partial charge in [-0.05, 0) is 22.8 Å². The lowest BCUT2D eigenvalue weighted by Gasteiger charge is -2.27. The van der Waals surface area contributed by atoms with E-state index in [4.69, 9.17) is 0 Å². The van der Waals surface area contributed by atoms with Crippen LogP contribution in [0.4, 0.5) is 0 Å². The topological polar surface area (TPSA) is 49.3 Å². The van der Waals surface area contributed by atoms with Crippen LogP contribution in [0.5, 0.6) is 0 Å². The molecule has 1 unspecified atom stereocenters. The molecule has 0 saturated heterocycles. The molecule has 0 aliphatic heterocycles. The molecule has 0 aliphatic carbocycles. The quantitative estimate of drug-likeness (QED) is 0.777. The van der Waals surface area contributed by atoms with Gasteiger partial charge in [0.1, 0.15) is 5.78 Å². The SMILES string of the molecule is CC(C)N[C@@H](Cc1cccc2ccccc12)C(O)CC(=O)C(C)C. The molecule has 0 spiro atoms. The zero-order valence-corrected chi connectivity index (χ0v) is 15.1. The van der Waals surface area contributed by atoms with Crippen LogP contribution in [0.1, 0.15) is 39.7 Å². The van der Waals surface area contributed by atoms with Gasteiger partial charge in [0.2, 0.25) is 0 Å². The maximum absolute atomic E-state index is 12.0. The van der Waals surface area contributed by atoms with Crippen molar-refractivity contribution in [1.82, 2.24) is 5.32 Å². The van der Waals surface area contributed by atoms with E-state index in [0.29, 0.717) is 6.42 Å². The van der Waals surface area contributed by atoms with Crippen molar-refractivity contribution >= 4 is 16.6 Å². The lowest BCUT2D eigenvalue weighted by Crippen LogP contribution is -2.46. The van der Waals surface area contributed by atoms with Gasteiger partial charge in [-0.1, -0.05) is 70.2 Å². The maximum atomic E-state index is 12.0. The van der Waals surface area contributed by atoms with Gasteiger partial charge in [-0.2, -0.15) is 0 Å². The normalized spacial score (nSPS) is 14.3. The Morgan fingerprint density at radius 3 is 2.38 bits per heavy atom. The first-order valence-electron chi connectivity index (χ1n) is 8.82. The molecule has 2 aromatic rings. The van der Waals surface area contributed by atoms with Crippen molar-refractivity contribution in [1.29, 1.82) is 0 Å². The number of aliphatic hydroxyl groups excluding tert-OH is 1. The summed E-state index contributed by atoms with van der Waals surface area (Å²) in [5.41, 5.74) is 1.20. The molecule has 0 aromatic heterocycles. The second-order valence-electron chi connectivity index (χ2n) is 7.16. The van der Waals surface area contributed by atoms with Gasteiger partial charge in [-0.25, -0.2) is 0 Å². The van der Waals surface area contributed by atoms with E-state index in [1.165, 1.54) is 16.3 Å². The highest BCUT2D eigenvalue weighted by Gasteiger charge is 2.24. The molecule has 0 radical (unpaired) electrons. The van der Waals surface area contributed by atoms with E-state index in [9.17, 15) is 9.90 Å². The molecule has 0 amide bonds. The summed E-state index contributed by atoms with van der Waals surface area (Å²) in [5, 5.41) is 16.5. The second-order valence-corrected chi connectivity index (χ2v) is 7.16. The summed E-state index contributed by atoms with van der Waals surface area (Å²) < 4.78 is 0. The van der Waals surface area contributed by atoms with Gasteiger partial charge < -0.3 is 10.4 Å². The Morgan fingerprint density at radius 1 is 1.04 bits per heavy atom. The van der Waals surface area contributed by atoms with E-state index >= 15 is 0 Å². The third-order valence-corrected chi connectivity index (χ3v) is 4.39. The average molecular weight is 327 g/mol. The average Bonchev–Trinajstić information content (AvgIpc) is 2.54. The lowest BCUT2D eigenvalue weighted by molar-refractivity contribution is -0.124. The van der Waals surface area contributed by atoms with E-state index in [-0.39, 0.29) is 30.2 Å². The standard InChI is InChI=1S/C21H29NO2/c1-14(2)20(23)13-21(24)19(22-15(3)4)12-17-10-7-9-16-8-5-6-11-18(16)17/h5-11,14-15,19,21-22,24H,12-13H2,1-4H3/t19-,21?/m0/s1. The minimum Gasteiger partial charge on any atom is -0.391 e. The van der Waals surface area contributed by atoms with Crippen LogP contribution in [0, 0.1) is 5.92 Å². The Bertz CT molecular complexity index is 673. The molecule has 0 heterocycles. The molecule has 2 atom stereocenters. The van der Waals surface area contributed by atoms with Crippen LogP contribution in [-0.4, -0.2) is 29.1 Å². The third-order valence-electron chi connectivity index (χ3n) is 4.39. The third kappa shape index (κ3) is 4.89. The molecule has 2 N–H and O–H groups in total. The number of benzene rings is 2. The predicted octanol–water partition coefficient (Wildman–Crippen LogP) is 3.73. The Hall–Kier alpha value is -1.71. The van der Waals surface area contributed by atoms with Crippen molar-refractivity contribution < 1.29 is 9.90 Å². The van der Waals surface area contributed by atoms with Crippen LogP contribution >= 0.6 is 0 Å². The molecule has 0 bridgehead atoms. The van der Waals surface area contributed by atoms with Gasteiger partial charge in [0.25, 0.3) is 0 Å². The number of fused-ring (bicyclic) bond motifs is 1. The van der Waals surface area contributed by atoms with E-state index in [2.05, 4.69) is 49.5 Å². The van der Waals surface area contributed by atoms with E-state index in [1.807, 2.05) is 26.0 Å². The first kappa shape index (κ1) is 18.6. The minimum atomic E-state index is -0.679. The summed E-state index contributed by atoms with van der Waals surface area (Å²) in [6, 6.07) is 14.6. The molecule has 0 fully saturated rings. The number of rotatable bonds is 8. The van der Waals surface area contributed by atoms with Crippen LogP contribution in [0.2, 0.25) is 0 Å². The number of ketones is 1. The fraction of sp³-hybridized carbons (Fsp3) is 0.476. The number of aliphatic hydroxyl groups is 1. The number of hydrogen-bond acceptors (Lipinski definition) is 3. The van der Waals surface area contributed by atoms with Crippen LogP contribution in [-0.2, 0) is 11.2 Å². The Kier molecular flexibility index (Phi) is 6.52. The number of carbonyl (C=O) groups is 1. The zero-order valence-electron chi connectivity index (χ0n) is 15.1. The van der Waals surface area contributed by atoms with Gasteiger partial charge in [-0.15, -0.1) is 0 Å². The zero-order chi connectivity index (χ0) is 17.7. The van der Waals surface area contributed by atoms with E-state index in [1.54, 1.807) is 0 Å². The van der Waals surface area contributed by atoms with Crippen LogP contribution in [0.25, 0.3) is 10.8 Å². The van der Waals surface area contributed by atoms with Crippen molar-refractivity contribution in [2.75, 3.05) is 0 Å². The smallest absolute Gasteiger partial charge is 0.138 e. The largest absolute Gasteiger partial charge is 0.391 e. The van der Waals surface area contributed by atoms with Crippen LogP contribution in [0.15, 0.2) is 42.5 Å². The number of carbonyl (C=O) groups excluding carboxylic acids is 1. The predicted molar refractivity (Wildman–Crippen MR) is 100 cm³/mol. The fourth-order valence-electron chi connectivity index (χ4n) is 3.03. The van der Waals surface area contributed by atoms with Crippen molar-refractivity contribution in [3.05, 3.63) is 48.0 Å². The van der Waals surface area contributed by atoms with Gasteiger partial charge in [0.15, 0.2) is 0 Å². The van der Waals surface area contributed by atoms with E-state index in [0.717, 1.165) is 0 Å². The molecule has 0 saturated carbocycles. The van der Waals surface area contributed by atoms with Gasteiger partial charge in [0.05, 0.1) is 6.10 Å². The molecule has 2 aromatic carbocycles. The number of nitrogens with one attached hydrogen (secondary N) is 1. The number of hydrogen-bond donors (Lipinski definition) is 2. The molecule has 130 valence electrons. The summed E-state index contributed by atoms with van der Waals surface area (Å²) in [6.45, 7) is 7.88. The Labute approximate surface area is 145 Å². The molecule has 24 heavy (non-hydrogen) atoms. The number of Topliss-reactive ketones (excluding diaryl/α,β-unsaturated/α-hetero) is 1. The molecule has 0 aliphatic rings. The summed E-state index contributed by atoms with van der Waals surface area (Å²) >= 11 is 0. The Morgan fingerprint density at radius 2 is 1.71 bits per heavy atom. The lowest BCUT2D eigenvalue weighted by atomic mass is 9.92. The summed E-state index contributed by atoms with van der Waals surface area (Å²) in [6.07, 6.45) is 0.222. The second kappa shape index (κ2) is 8.41. The molecule has 2 rings (SSSR count). The van der Waals surface area contributed by atoms with E-state index < -0.39 is 6.10 Å². The van der Waals surface area contributed by atoms with Crippen molar-refractivity contribution in [2.24, 2.45) is 5.92 Å². The molecular weight excluding hydrogens is 298 g/mol. The van der Waals surface area contributed by atoms with Crippen molar-refractivity contribution in [3.8, 4) is 0 Å². The first-order chi connectivity index (χ1) is 11.4. The van der Waals surface area contributed by atoms with Crippen LogP contribution < -0.4 is 5.32 Å². The monoisotopic (exact) mass is 327 g/mol. The van der Waals surface area contributed by atoms with Crippen molar-refractivity contribution in [3.63, 3.8) is 0 Å².